The summed E-state index contributed by atoms with van der Waals surface area (Å²) < 4.78 is 0. The number of anilines is 6. The van der Waals surface area contributed by atoms with Crippen molar-refractivity contribution in [3.05, 3.63) is 217 Å². The summed E-state index contributed by atoms with van der Waals surface area (Å²) >= 11 is 0. The molecule has 0 atom stereocenters. The Hall–Kier alpha value is -7.42. The molecule has 0 aliphatic carbocycles. The summed E-state index contributed by atoms with van der Waals surface area (Å²) in [5.41, 5.74) is 10.7. The summed E-state index contributed by atoms with van der Waals surface area (Å²) in [6, 6.07) is 74.0. The number of benzene rings is 11. The smallest absolute Gasteiger partial charge is 0.0620 e. The van der Waals surface area contributed by atoms with Gasteiger partial charge in [0, 0.05) is 43.1 Å². The van der Waals surface area contributed by atoms with Crippen molar-refractivity contribution in [2.45, 2.75) is 48.5 Å². The normalized spacial score (nSPS) is 11.1. The minimum atomic E-state index is 1.15. The van der Waals surface area contributed by atoms with Gasteiger partial charge in [-0.05, 0) is 95.9 Å². The first-order valence-electron chi connectivity index (χ1n) is 22.5. The number of nitrogens with zero attached hydrogens (tertiary/aromatic N) is 2. The summed E-state index contributed by atoms with van der Waals surface area (Å²) in [5.74, 6) is 0. The lowest BCUT2D eigenvalue weighted by atomic mass is 9.91. The molecule has 2 nitrogen and oxygen atoms in total. The number of aryl methyl sites for hydroxylation is 3. The lowest BCUT2D eigenvalue weighted by Crippen LogP contribution is -2.16. The number of fused-ring (bicyclic) bond motifs is 6. The molecule has 0 saturated heterocycles. The van der Waals surface area contributed by atoms with Gasteiger partial charge in [0.2, 0.25) is 0 Å². The highest BCUT2D eigenvalue weighted by Crippen LogP contribution is 2.54. The van der Waals surface area contributed by atoms with Crippen LogP contribution >= 0.6 is 0 Å². The van der Waals surface area contributed by atoms with Crippen LogP contribution in [0.15, 0.2) is 200 Å². The fourth-order valence-corrected chi connectivity index (χ4v) is 9.40. The number of hydrogen-bond donors (Lipinski definition) is 0. The van der Waals surface area contributed by atoms with Crippen LogP contribution in [0.2, 0.25) is 0 Å². The van der Waals surface area contributed by atoms with E-state index in [1.165, 1.54) is 92.7 Å². The van der Waals surface area contributed by atoms with E-state index in [0.29, 0.717) is 0 Å². The van der Waals surface area contributed by atoms with E-state index in [0.717, 1.165) is 22.7 Å². The Morgan fingerprint density at radius 1 is 0.254 bits per heavy atom. The van der Waals surface area contributed by atoms with Crippen LogP contribution < -0.4 is 9.80 Å². The summed E-state index contributed by atoms with van der Waals surface area (Å²) in [5, 5.41) is 14.4. The van der Waals surface area contributed by atoms with Gasteiger partial charge >= 0.3 is 0 Å². The van der Waals surface area contributed by atoms with Crippen LogP contribution in [-0.4, -0.2) is 0 Å². The van der Waals surface area contributed by atoms with Gasteiger partial charge in [0.15, 0.2) is 0 Å². The quantitative estimate of drug-likeness (QED) is 0.122. The standard InChI is InChI=1S/C57H42N2.2C2H6/c1-37-32-33-48-49(34-37)57(59(54-30-14-22-42-18-6-10-26-46(42)54)55-31-15-23-43-19-7-11-27-47(43)55)51-36-39(3)38(2)35-50(51)56(48)58(52-28-12-20-40-16-4-8-24-44(40)52)53-29-13-21-41-17-5-9-25-45(41)53;2*1-2/h4-36H,1-3H3;2*1-2H3. The molecule has 0 fully saturated rings. The molecule has 11 rings (SSSR count). The van der Waals surface area contributed by atoms with E-state index in [-0.39, 0.29) is 0 Å². The van der Waals surface area contributed by atoms with E-state index in [9.17, 15) is 0 Å². The van der Waals surface area contributed by atoms with Gasteiger partial charge in [-0.2, -0.15) is 0 Å². The van der Waals surface area contributed by atoms with Gasteiger partial charge in [-0.1, -0.05) is 191 Å². The maximum absolute atomic E-state index is 2.56. The third-order valence-corrected chi connectivity index (χ3v) is 12.3. The molecule has 0 N–H and O–H groups in total. The van der Waals surface area contributed by atoms with E-state index in [4.69, 9.17) is 0 Å². The zero-order chi connectivity index (χ0) is 43.6. The largest absolute Gasteiger partial charge is 0.308 e. The second kappa shape index (κ2) is 17.5. The van der Waals surface area contributed by atoms with Gasteiger partial charge in [0.1, 0.15) is 0 Å². The molecule has 0 heterocycles. The van der Waals surface area contributed by atoms with Crippen LogP contribution in [0.4, 0.5) is 34.1 Å². The Balaban J connectivity index is 0.00000123. The highest BCUT2D eigenvalue weighted by molar-refractivity contribution is 6.26. The van der Waals surface area contributed by atoms with Crippen LogP contribution in [-0.2, 0) is 0 Å². The maximum Gasteiger partial charge on any atom is 0.0620 e. The molecule has 0 radical (unpaired) electrons. The summed E-state index contributed by atoms with van der Waals surface area (Å²) in [7, 11) is 0. The molecular formula is C61H54N2. The number of rotatable bonds is 6. The van der Waals surface area contributed by atoms with Crippen molar-refractivity contribution in [3.63, 3.8) is 0 Å². The predicted molar refractivity (Wildman–Crippen MR) is 278 cm³/mol. The van der Waals surface area contributed by atoms with E-state index in [2.05, 4.69) is 231 Å². The zero-order valence-corrected chi connectivity index (χ0v) is 37.4. The molecule has 0 spiro atoms. The summed E-state index contributed by atoms with van der Waals surface area (Å²) in [6.45, 7) is 14.7. The Morgan fingerprint density at radius 3 is 0.889 bits per heavy atom. The van der Waals surface area contributed by atoms with Gasteiger partial charge in [-0.15, -0.1) is 0 Å². The maximum atomic E-state index is 2.56. The van der Waals surface area contributed by atoms with Crippen LogP contribution in [0, 0.1) is 20.8 Å². The molecule has 0 bridgehead atoms. The predicted octanol–water partition coefficient (Wildman–Crippen LogP) is 18.5. The molecule has 0 saturated carbocycles. The Bertz CT molecular complexity index is 3270. The van der Waals surface area contributed by atoms with Crippen molar-refractivity contribution in [2.75, 3.05) is 9.80 Å². The van der Waals surface area contributed by atoms with Crippen molar-refractivity contribution in [1.82, 2.24) is 0 Å². The molecule has 0 aliphatic heterocycles. The van der Waals surface area contributed by atoms with Crippen LogP contribution in [0.25, 0.3) is 64.6 Å². The second-order valence-corrected chi connectivity index (χ2v) is 15.9. The van der Waals surface area contributed by atoms with E-state index in [1.807, 2.05) is 27.7 Å². The van der Waals surface area contributed by atoms with Crippen molar-refractivity contribution >= 4 is 98.8 Å². The van der Waals surface area contributed by atoms with Gasteiger partial charge < -0.3 is 9.80 Å². The Kier molecular flexibility index (Phi) is 11.4. The SMILES string of the molecule is CC.CC.Cc1ccc2c(N(c3cccc4ccccc34)c3cccc4ccccc34)c3cc(C)c(C)cc3c(N(c3cccc4ccccc34)c3cccc4ccccc34)c2c1. The minimum absolute atomic E-state index is 1.15. The highest BCUT2D eigenvalue weighted by Gasteiger charge is 2.28. The van der Waals surface area contributed by atoms with Crippen molar-refractivity contribution in [2.24, 2.45) is 0 Å². The van der Waals surface area contributed by atoms with Crippen LogP contribution in [0.3, 0.4) is 0 Å². The van der Waals surface area contributed by atoms with E-state index in [1.54, 1.807) is 0 Å². The first-order valence-corrected chi connectivity index (χ1v) is 22.5. The molecule has 308 valence electrons. The third kappa shape index (κ3) is 7.12. The zero-order valence-electron chi connectivity index (χ0n) is 37.4. The van der Waals surface area contributed by atoms with Gasteiger partial charge in [-0.3, -0.25) is 0 Å². The minimum Gasteiger partial charge on any atom is -0.308 e. The molecule has 11 aromatic carbocycles. The Labute approximate surface area is 372 Å². The lowest BCUT2D eigenvalue weighted by Gasteiger charge is -2.35. The van der Waals surface area contributed by atoms with Crippen molar-refractivity contribution in [1.29, 1.82) is 0 Å². The third-order valence-electron chi connectivity index (χ3n) is 12.3. The second-order valence-electron chi connectivity index (χ2n) is 15.9. The molecule has 2 heteroatoms. The number of hydrogen-bond acceptors (Lipinski definition) is 2. The molecular weight excluding hydrogens is 761 g/mol. The van der Waals surface area contributed by atoms with Crippen molar-refractivity contribution < 1.29 is 0 Å². The van der Waals surface area contributed by atoms with E-state index < -0.39 is 0 Å². The lowest BCUT2D eigenvalue weighted by molar-refractivity contribution is 1.31. The molecule has 0 unspecified atom stereocenters. The molecule has 0 aliphatic rings. The molecule has 0 amide bonds. The first kappa shape index (κ1) is 41.0. The Morgan fingerprint density at radius 2 is 0.540 bits per heavy atom. The molecule has 63 heavy (non-hydrogen) atoms. The van der Waals surface area contributed by atoms with Crippen LogP contribution in [0.1, 0.15) is 44.4 Å². The van der Waals surface area contributed by atoms with Gasteiger partial charge in [-0.25, -0.2) is 0 Å². The fraction of sp³-hybridized carbons (Fsp3) is 0.115. The average Bonchev–Trinajstić information content (AvgIpc) is 3.34. The molecule has 0 aromatic heterocycles. The average molecular weight is 815 g/mol. The summed E-state index contributed by atoms with van der Waals surface area (Å²) in [6.07, 6.45) is 0. The van der Waals surface area contributed by atoms with Gasteiger partial charge in [0.25, 0.3) is 0 Å². The molecule has 11 aromatic rings. The highest BCUT2D eigenvalue weighted by atomic mass is 15.2. The first-order chi connectivity index (χ1) is 31.0. The summed E-state index contributed by atoms with van der Waals surface area (Å²) in [4.78, 5) is 5.12. The van der Waals surface area contributed by atoms with Gasteiger partial charge in [0.05, 0.1) is 34.1 Å². The van der Waals surface area contributed by atoms with Crippen molar-refractivity contribution in [3.8, 4) is 0 Å². The van der Waals surface area contributed by atoms with E-state index >= 15 is 0 Å². The topological polar surface area (TPSA) is 6.48 Å². The van der Waals surface area contributed by atoms with Crippen LogP contribution in [0.5, 0.6) is 0 Å². The fourth-order valence-electron chi connectivity index (χ4n) is 9.40. The monoisotopic (exact) mass is 814 g/mol.